The van der Waals surface area contributed by atoms with Gasteiger partial charge in [0.05, 0.1) is 7.11 Å². The molecule has 0 aliphatic heterocycles. The molecule has 0 atom stereocenters. The zero-order valence-electron chi connectivity index (χ0n) is 15.9. The van der Waals surface area contributed by atoms with Gasteiger partial charge in [0.25, 0.3) is 0 Å². The Balaban J connectivity index is 0.00000312. The molecule has 2 aromatic carbocycles. The van der Waals surface area contributed by atoms with E-state index in [0.29, 0.717) is 6.61 Å². The maximum absolute atomic E-state index is 6.12. The molecule has 138 valence electrons. The molecule has 0 aliphatic rings. The van der Waals surface area contributed by atoms with E-state index in [4.69, 9.17) is 9.47 Å². The molecule has 0 unspecified atom stereocenters. The number of methoxy groups -OCH3 is 1. The average Bonchev–Trinajstić information content (AvgIpc) is 2.59. The summed E-state index contributed by atoms with van der Waals surface area (Å²) in [5.74, 6) is 1.59. The van der Waals surface area contributed by atoms with Crippen LogP contribution in [0.1, 0.15) is 43.9 Å². The number of hydrogen-bond donors (Lipinski definition) is 1. The molecule has 3 nitrogen and oxygen atoms in total. The Morgan fingerprint density at radius 1 is 1.04 bits per heavy atom. The van der Waals surface area contributed by atoms with Gasteiger partial charge in [-0.05, 0) is 38.8 Å². The monoisotopic (exact) mass is 363 g/mol. The Kier molecular flexibility index (Phi) is 8.27. The van der Waals surface area contributed by atoms with Crippen LogP contribution < -0.4 is 14.8 Å². The lowest BCUT2D eigenvalue weighted by atomic mass is 10.0. The van der Waals surface area contributed by atoms with Gasteiger partial charge in [-0.15, -0.1) is 12.4 Å². The van der Waals surface area contributed by atoms with Crippen LogP contribution in [-0.4, -0.2) is 12.6 Å². The van der Waals surface area contributed by atoms with Gasteiger partial charge >= 0.3 is 0 Å². The highest BCUT2D eigenvalue weighted by Gasteiger charge is 2.16. The number of nitrogens with one attached hydrogen (secondary N) is 1. The van der Waals surface area contributed by atoms with Gasteiger partial charge in [0, 0.05) is 17.6 Å². The number of benzene rings is 2. The van der Waals surface area contributed by atoms with Gasteiger partial charge in [0.2, 0.25) is 0 Å². The number of para-hydroxylation sites is 1. The van der Waals surface area contributed by atoms with E-state index in [0.717, 1.165) is 35.6 Å². The van der Waals surface area contributed by atoms with Gasteiger partial charge in [-0.25, -0.2) is 0 Å². The summed E-state index contributed by atoms with van der Waals surface area (Å²) >= 11 is 0. The highest BCUT2D eigenvalue weighted by atomic mass is 35.5. The highest BCUT2D eigenvalue weighted by molar-refractivity contribution is 5.85. The summed E-state index contributed by atoms with van der Waals surface area (Å²) in [4.78, 5) is 0. The van der Waals surface area contributed by atoms with E-state index in [-0.39, 0.29) is 17.9 Å². The number of rotatable bonds is 8. The third-order valence-corrected chi connectivity index (χ3v) is 4.43. The fraction of sp³-hybridized carbons (Fsp3) is 0.429. The van der Waals surface area contributed by atoms with Crippen LogP contribution in [0.4, 0.5) is 0 Å². The summed E-state index contributed by atoms with van der Waals surface area (Å²) in [6.45, 7) is 9.98. The van der Waals surface area contributed by atoms with Crippen molar-refractivity contribution in [3.63, 3.8) is 0 Å². The fourth-order valence-corrected chi connectivity index (χ4v) is 2.32. The van der Waals surface area contributed by atoms with Crippen molar-refractivity contribution in [2.45, 2.75) is 52.8 Å². The SMILES string of the molecule is CCC(C)(C)NCc1cccc(OC)c1OCc1ccc(C)cc1.Cl. The predicted octanol–water partition coefficient (Wildman–Crippen LogP) is 5.28. The maximum atomic E-state index is 6.12. The lowest BCUT2D eigenvalue weighted by molar-refractivity contribution is 0.278. The molecule has 0 heterocycles. The topological polar surface area (TPSA) is 30.5 Å². The molecule has 0 aliphatic carbocycles. The number of hydrogen-bond acceptors (Lipinski definition) is 3. The number of aryl methyl sites for hydroxylation is 1. The van der Waals surface area contributed by atoms with Crippen LogP contribution >= 0.6 is 12.4 Å². The summed E-state index contributed by atoms with van der Waals surface area (Å²) in [6.07, 6.45) is 1.07. The molecule has 0 bridgehead atoms. The molecule has 0 spiro atoms. The van der Waals surface area contributed by atoms with Gasteiger partial charge in [-0.1, -0.05) is 48.9 Å². The van der Waals surface area contributed by atoms with Crippen LogP contribution in [0.2, 0.25) is 0 Å². The first-order chi connectivity index (χ1) is 11.4. The molecular weight excluding hydrogens is 334 g/mol. The van der Waals surface area contributed by atoms with E-state index in [9.17, 15) is 0 Å². The smallest absolute Gasteiger partial charge is 0.166 e. The van der Waals surface area contributed by atoms with Crippen molar-refractivity contribution in [1.29, 1.82) is 0 Å². The fourth-order valence-electron chi connectivity index (χ4n) is 2.32. The maximum Gasteiger partial charge on any atom is 0.166 e. The third kappa shape index (κ3) is 6.26. The van der Waals surface area contributed by atoms with E-state index in [1.54, 1.807) is 7.11 Å². The molecule has 0 saturated carbocycles. The molecule has 0 amide bonds. The lowest BCUT2D eigenvalue weighted by Gasteiger charge is -2.25. The Bertz CT molecular complexity index is 653. The van der Waals surface area contributed by atoms with Gasteiger partial charge in [-0.3, -0.25) is 0 Å². The lowest BCUT2D eigenvalue weighted by Crippen LogP contribution is -2.37. The first-order valence-corrected chi connectivity index (χ1v) is 8.54. The van der Waals surface area contributed by atoms with Crippen molar-refractivity contribution in [2.75, 3.05) is 7.11 Å². The molecule has 2 rings (SSSR count). The van der Waals surface area contributed by atoms with E-state index < -0.39 is 0 Å². The molecule has 0 radical (unpaired) electrons. The standard InChI is InChI=1S/C21H29NO2.ClH/c1-6-21(3,4)22-14-18-8-7-9-19(23-5)20(18)24-15-17-12-10-16(2)11-13-17;/h7-13,22H,6,14-15H2,1-5H3;1H. The first kappa shape index (κ1) is 21.3. The summed E-state index contributed by atoms with van der Waals surface area (Å²) < 4.78 is 11.6. The summed E-state index contributed by atoms with van der Waals surface area (Å²) in [5, 5.41) is 3.59. The Hall–Kier alpha value is -1.71. The Labute approximate surface area is 158 Å². The van der Waals surface area contributed by atoms with Crippen molar-refractivity contribution in [3.05, 3.63) is 59.2 Å². The molecule has 0 fully saturated rings. The normalized spacial score (nSPS) is 10.9. The first-order valence-electron chi connectivity index (χ1n) is 8.54. The molecule has 0 aromatic heterocycles. The van der Waals surface area contributed by atoms with Gasteiger partial charge < -0.3 is 14.8 Å². The van der Waals surface area contributed by atoms with Gasteiger partial charge in [0.1, 0.15) is 6.61 Å². The van der Waals surface area contributed by atoms with Crippen LogP contribution in [-0.2, 0) is 13.2 Å². The van der Waals surface area contributed by atoms with Crippen molar-refractivity contribution < 1.29 is 9.47 Å². The Morgan fingerprint density at radius 2 is 1.72 bits per heavy atom. The molecule has 2 aromatic rings. The molecule has 0 saturated heterocycles. The second-order valence-electron chi connectivity index (χ2n) is 6.81. The largest absolute Gasteiger partial charge is 0.493 e. The quantitative estimate of drug-likeness (QED) is 0.691. The van der Waals surface area contributed by atoms with Crippen molar-refractivity contribution in [3.8, 4) is 11.5 Å². The summed E-state index contributed by atoms with van der Waals surface area (Å²) in [6, 6.07) is 14.4. The van der Waals surface area contributed by atoms with E-state index >= 15 is 0 Å². The van der Waals surface area contributed by atoms with Crippen molar-refractivity contribution >= 4 is 12.4 Å². The molecule has 4 heteroatoms. The van der Waals surface area contributed by atoms with Crippen LogP contribution in [0.5, 0.6) is 11.5 Å². The highest BCUT2D eigenvalue weighted by Crippen LogP contribution is 2.32. The predicted molar refractivity (Wildman–Crippen MR) is 107 cm³/mol. The van der Waals surface area contributed by atoms with Crippen LogP contribution in [0.3, 0.4) is 0 Å². The summed E-state index contributed by atoms with van der Waals surface area (Å²) in [7, 11) is 1.68. The number of halogens is 1. The molecular formula is C21H30ClNO2. The van der Waals surface area contributed by atoms with Crippen LogP contribution in [0.15, 0.2) is 42.5 Å². The van der Waals surface area contributed by atoms with Crippen LogP contribution in [0.25, 0.3) is 0 Å². The van der Waals surface area contributed by atoms with E-state index in [2.05, 4.69) is 63.3 Å². The van der Waals surface area contributed by atoms with Gasteiger partial charge in [-0.2, -0.15) is 0 Å². The average molecular weight is 364 g/mol. The summed E-state index contributed by atoms with van der Waals surface area (Å²) in [5.41, 5.74) is 3.61. The second kappa shape index (κ2) is 9.69. The second-order valence-corrected chi connectivity index (χ2v) is 6.81. The minimum Gasteiger partial charge on any atom is -0.493 e. The van der Waals surface area contributed by atoms with Crippen molar-refractivity contribution in [1.82, 2.24) is 5.32 Å². The van der Waals surface area contributed by atoms with Gasteiger partial charge in [0.15, 0.2) is 11.5 Å². The number of ether oxygens (including phenoxy) is 2. The minimum absolute atomic E-state index is 0. The molecule has 1 N–H and O–H groups in total. The zero-order valence-corrected chi connectivity index (χ0v) is 16.7. The molecule has 25 heavy (non-hydrogen) atoms. The third-order valence-electron chi connectivity index (χ3n) is 4.43. The van der Waals surface area contributed by atoms with E-state index in [1.807, 2.05) is 12.1 Å². The van der Waals surface area contributed by atoms with E-state index in [1.165, 1.54) is 5.56 Å². The van der Waals surface area contributed by atoms with Crippen molar-refractivity contribution in [2.24, 2.45) is 0 Å². The minimum atomic E-state index is 0. The zero-order chi connectivity index (χ0) is 17.6. The Morgan fingerprint density at radius 3 is 2.32 bits per heavy atom. The van der Waals surface area contributed by atoms with Crippen LogP contribution in [0, 0.1) is 6.92 Å².